The molecule has 1 aromatic heterocycles. The molecule has 0 atom stereocenters. The minimum absolute atomic E-state index is 0.587. The molecule has 3 aromatic rings. The quantitative estimate of drug-likeness (QED) is 0.693. The third-order valence-corrected chi connectivity index (χ3v) is 3.65. The number of benzene rings is 2. The smallest absolute Gasteiger partial charge is 0.246 e. The highest BCUT2D eigenvalue weighted by Crippen LogP contribution is 2.21. The van der Waals surface area contributed by atoms with E-state index in [0.29, 0.717) is 18.3 Å². The van der Waals surface area contributed by atoms with Crippen LogP contribution in [0.15, 0.2) is 59.1 Å². The van der Waals surface area contributed by atoms with Crippen LogP contribution in [-0.4, -0.2) is 23.8 Å². The van der Waals surface area contributed by atoms with Gasteiger partial charge in [-0.25, -0.2) is 0 Å². The third kappa shape index (κ3) is 3.51. The first-order valence-electron chi connectivity index (χ1n) is 7.57. The molecule has 2 aromatic carbocycles. The third-order valence-electron chi connectivity index (χ3n) is 3.65. The SMILES string of the molecule is CCN(Cc1nc(-c2ccc(OC)cc2)no1)c1ccccc1. The topological polar surface area (TPSA) is 51.4 Å². The van der Waals surface area contributed by atoms with Crippen molar-refractivity contribution in [2.45, 2.75) is 13.5 Å². The van der Waals surface area contributed by atoms with Crippen molar-refractivity contribution in [3.63, 3.8) is 0 Å². The lowest BCUT2D eigenvalue weighted by Gasteiger charge is -2.20. The summed E-state index contributed by atoms with van der Waals surface area (Å²) in [6.45, 7) is 3.56. The Morgan fingerprint density at radius 3 is 2.43 bits per heavy atom. The van der Waals surface area contributed by atoms with E-state index < -0.39 is 0 Å². The fourth-order valence-corrected chi connectivity index (χ4v) is 2.36. The van der Waals surface area contributed by atoms with Crippen LogP contribution in [0, 0.1) is 0 Å². The van der Waals surface area contributed by atoms with Crippen LogP contribution in [0.4, 0.5) is 5.69 Å². The lowest BCUT2D eigenvalue weighted by atomic mass is 10.2. The average Bonchev–Trinajstić information content (AvgIpc) is 3.09. The maximum Gasteiger partial charge on any atom is 0.246 e. The molecule has 0 aliphatic carbocycles. The molecule has 1 heterocycles. The number of hydrogen-bond acceptors (Lipinski definition) is 5. The molecule has 0 bridgehead atoms. The van der Waals surface area contributed by atoms with E-state index in [1.54, 1.807) is 7.11 Å². The number of nitrogens with zero attached hydrogens (tertiary/aromatic N) is 3. The van der Waals surface area contributed by atoms with Gasteiger partial charge in [-0.3, -0.25) is 0 Å². The van der Waals surface area contributed by atoms with Crippen molar-refractivity contribution in [2.24, 2.45) is 0 Å². The molecule has 0 spiro atoms. The fraction of sp³-hybridized carbons (Fsp3) is 0.222. The number of anilines is 1. The number of hydrogen-bond donors (Lipinski definition) is 0. The van der Waals surface area contributed by atoms with Gasteiger partial charge in [0.15, 0.2) is 0 Å². The zero-order valence-electron chi connectivity index (χ0n) is 13.3. The van der Waals surface area contributed by atoms with Crippen LogP contribution < -0.4 is 9.64 Å². The summed E-state index contributed by atoms with van der Waals surface area (Å²) in [5.41, 5.74) is 2.04. The highest BCUT2D eigenvalue weighted by molar-refractivity contribution is 5.55. The Hall–Kier alpha value is -2.82. The molecule has 0 saturated heterocycles. The van der Waals surface area contributed by atoms with Crippen molar-refractivity contribution in [3.8, 4) is 17.1 Å². The molecule has 23 heavy (non-hydrogen) atoms. The molecule has 0 saturated carbocycles. The van der Waals surface area contributed by atoms with Gasteiger partial charge in [-0.2, -0.15) is 4.98 Å². The van der Waals surface area contributed by atoms with Gasteiger partial charge in [0.05, 0.1) is 13.7 Å². The zero-order valence-corrected chi connectivity index (χ0v) is 13.3. The van der Waals surface area contributed by atoms with Gasteiger partial charge < -0.3 is 14.2 Å². The van der Waals surface area contributed by atoms with Gasteiger partial charge in [-0.15, -0.1) is 0 Å². The predicted octanol–water partition coefficient (Wildman–Crippen LogP) is 3.77. The lowest BCUT2D eigenvalue weighted by Crippen LogP contribution is -2.22. The summed E-state index contributed by atoms with van der Waals surface area (Å²) >= 11 is 0. The molecular weight excluding hydrogens is 290 g/mol. The van der Waals surface area contributed by atoms with Gasteiger partial charge in [0.25, 0.3) is 0 Å². The molecule has 3 rings (SSSR count). The Balaban J connectivity index is 1.75. The average molecular weight is 309 g/mol. The first-order valence-corrected chi connectivity index (χ1v) is 7.57. The molecule has 5 heteroatoms. The van der Waals surface area contributed by atoms with E-state index in [1.807, 2.05) is 42.5 Å². The molecule has 0 N–H and O–H groups in total. The van der Waals surface area contributed by atoms with Crippen LogP contribution in [0.3, 0.4) is 0 Å². The van der Waals surface area contributed by atoms with E-state index in [4.69, 9.17) is 9.26 Å². The van der Waals surface area contributed by atoms with Crippen LogP contribution in [-0.2, 0) is 6.54 Å². The summed E-state index contributed by atoms with van der Waals surface area (Å²) in [6.07, 6.45) is 0. The van der Waals surface area contributed by atoms with Crippen molar-refractivity contribution in [3.05, 3.63) is 60.5 Å². The Morgan fingerprint density at radius 2 is 1.78 bits per heavy atom. The molecule has 0 radical (unpaired) electrons. The minimum Gasteiger partial charge on any atom is -0.497 e. The second-order valence-electron chi connectivity index (χ2n) is 5.09. The maximum atomic E-state index is 5.40. The second kappa shape index (κ2) is 6.96. The minimum atomic E-state index is 0.587. The van der Waals surface area contributed by atoms with Gasteiger partial charge in [0, 0.05) is 17.8 Å². The largest absolute Gasteiger partial charge is 0.497 e. The summed E-state index contributed by atoms with van der Waals surface area (Å²) < 4.78 is 10.6. The van der Waals surface area contributed by atoms with Gasteiger partial charge in [-0.05, 0) is 43.3 Å². The van der Waals surface area contributed by atoms with E-state index in [2.05, 4.69) is 34.1 Å². The summed E-state index contributed by atoms with van der Waals surface area (Å²) in [5.74, 6) is 1.99. The van der Waals surface area contributed by atoms with E-state index in [9.17, 15) is 0 Å². The normalized spacial score (nSPS) is 10.5. The maximum absolute atomic E-state index is 5.40. The van der Waals surface area contributed by atoms with Gasteiger partial charge in [0.2, 0.25) is 11.7 Å². The Morgan fingerprint density at radius 1 is 1.04 bits per heavy atom. The van der Waals surface area contributed by atoms with Crippen LogP contribution in [0.5, 0.6) is 5.75 Å². The highest BCUT2D eigenvalue weighted by atomic mass is 16.5. The predicted molar refractivity (Wildman–Crippen MR) is 89.5 cm³/mol. The van der Waals surface area contributed by atoms with Crippen molar-refractivity contribution >= 4 is 5.69 Å². The number of ether oxygens (including phenoxy) is 1. The van der Waals surface area contributed by atoms with Gasteiger partial charge in [0.1, 0.15) is 5.75 Å². The Bertz CT molecular complexity index is 738. The Kier molecular flexibility index (Phi) is 4.57. The van der Waals surface area contributed by atoms with Crippen LogP contribution in [0.1, 0.15) is 12.8 Å². The molecule has 0 unspecified atom stereocenters. The van der Waals surface area contributed by atoms with E-state index in [0.717, 1.165) is 23.5 Å². The molecular formula is C18H19N3O2. The zero-order chi connectivity index (χ0) is 16.1. The summed E-state index contributed by atoms with van der Waals surface area (Å²) in [4.78, 5) is 6.67. The number of para-hydroxylation sites is 1. The summed E-state index contributed by atoms with van der Waals surface area (Å²) in [6, 6.07) is 17.8. The standard InChI is InChI=1S/C18H19N3O2/c1-3-21(15-7-5-4-6-8-15)13-17-19-18(20-23-17)14-9-11-16(22-2)12-10-14/h4-12H,3,13H2,1-2H3. The fourth-order valence-electron chi connectivity index (χ4n) is 2.36. The first kappa shape index (κ1) is 15.1. The lowest BCUT2D eigenvalue weighted by molar-refractivity contribution is 0.377. The van der Waals surface area contributed by atoms with Crippen LogP contribution in [0.2, 0.25) is 0 Å². The van der Waals surface area contributed by atoms with Crippen LogP contribution >= 0.6 is 0 Å². The van der Waals surface area contributed by atoms with Crippen molar-refractivity contribution < 1.29 is 9.26 Å². The van der Waals surface area contributed by atoms with Crippen molar-refractivity contribution in [1.82, 2.24) is 10.1 Å². The molecule has 0 aliphatic rings. The number of methoxy groups -OCH3 is 1. The number of aromatic nitrogens is 2. The molecule has 0 amide bonds. The summed E-state index contributed by atoms with van der Waals surface area (Å²) in [7, 11) is 1.64. The van der Waals surface area contributed by atoms with Gasteiger partial charge >= 0.3 is 0 Å². The van der Waals surface area contributed by atoms with Crippen molar-refractivity contribution in [1.29, 1.82) is 0 Å². The van der Waals surface area contributed by atoms with E-state index in [1.165, 1.54) is 0 Å². The monoisotopic (exact) mass is 309 g/mol. The molecule has 118 valence electrons. The van der Waals surface area contributed by atoms with E-state index >= 15 is 0 Å². The Labute approximate surface area is 135 Å². The molecule has 0 aliphatic heterocycles. The van der Waals surface area contributed by atoms with Crippen LogP contribution in [0.25, 0.3) is 11.4 Å². The second-order valence-corrected chi connectivity index (χ2v) is 5.09. The van der Waals surface area contributed by atoms with Crippen molar-refractivity contribution in [2.75, 3.05) is 18.6 Å². The molecule has 0 fully saturated rings. The number of rotatable bonds is 6. The highest BCUT2D eigenvalue weighted by Gasteiger charge is 2.12. The van der Waals surface area contributed by atoms with Gasteiger partial charge in [-0.1, -0.05) is 23.4 Å². The van der Waals surface area contributed by atoms with E-state index in [-0.39, 0.29) is 0 Å². The molecule has 5 nitrogen and oxygen atoms in total. The first-order chi connectivity index (χ1) is 11.3. The summed E-state index contributed by atoms with van der Waals surface area (Å²) in [5, 5.41) is 4.07.